The second-order valence-electron chi connectivity index (χ2n) is 7.47. The molecule has 1 heterocycles. The molecule has 0 spiro atoms. The zero-order chi connectivity index (χ0) is 15.5. The number of hydrogen-bond donors (Lipinski definition) is 1. The summed E-state index contributed by atoms with van der Waals surface area (Å²) >= 11 is 0. The molecule has 0 saturated heterocycles. The molecule has 0 aliphatic rings. The molecule has 2 aromatic rings. The van der Waals surface area contributed by atoms with Gasteiger partial charge in [0.1, 0.15) is 0 Å². The minimum atomic E-state index is 0.190. The van der Waals surface area contributed by atoms with Crippen molar-refractivity contribution in [3.05, 3.63) is 36.0 Å². The van der Waals surface area contributed by atoms with Crippen LogP contribution in [0.3, 0.4) is 0 Å². The monoisotopic (exact) mass is 286 g/mol. The third-order valence-electron chi connectivity index (χ3n) is 3.87. The predicted molar refractivity (Wildman–Crippen MR) is 92.9 cm³/mol. The van der Waals surface area contributed by atoms with E-state index in [1.54, 1.807) is 0 Å². The summed E-state index contributed by atoms with van der Waals surface area (Å²) < 4.78 is 2.43. The van der Waals surface area contributed by atoms with E-state index >= 15 is 0 Å². The zero-order valence-electron chi connectivity index (χ0n) is 14.2. The fourth-order valence-corrected chi connectivity index (χ4v) is 2.68. The maximum atomic E-state index is 3.59. The van der Waals surface area contributed by atoms with E-state index < -0.39 is 0 Å². The van der Waals surface area contributed by atoms with Gasteiger partial charge in [-0.1, -0.05) is 32.0 Å². The van der Waals surface area contributed by atoms with Crippen LogP contribution in [0.25, 0.3) is 10.9 Å². The van der Waals surface area contributed by atoms with Crippen molar-refractivity contribution >= 4 is 10.9 Å². The molecule has 0 atom stereocenters. The molecule has 0 amide bonds. The van der Waals surface area contributed by atoms with E-state index in [2.05, 4.69) is 75.0 Å². The van der Waals surface area contributed by atoms with Crippen molar-refractivity contribution in [2.75, 3.05) is 6.54 Å². The summed E-state index contributed by atoms with van der Waals surface area (Å²) in [4.78, 5) is 0. The molecule has 0 aliphatic carbocycles. The van der Waals surface area contributed by atoms with Gasteiger partial charge in [0.25, 0.3) is 0 Å². The van der Waals surface area contributed by atoms with Crippen molar-refractivity contribution in [2.45, 2.75) is 59.5 Å². The molecule has 0 aliphatic heterocycles. The zero-order valence-corrected chi connectivity index (χ0v) is 14.2. The summed E-state index contributed by atoms with van der Waals surface area (Å²) in [5, 5.41) is 5.00. The predicted octanol–water partition coefficient (Wildman–Crippen LogP) is 4.62. The van der Waals surface area contributed by atoms with Gasteiger partial charge in [-0.25, -0.2) is 0 Å². The molecule has 0 fully saturated rings. The number of para-hydroxylation sites is 1. The van der Waals surface area contributed by atoms with Crippen LogP contribution in [0.5, 0.6) is 0 Å². The van der Waals surface area contributed by atoms with Crippen molar-refractivity contribution < 1.29 is 0 Å². The van der Waals surface area contributed by atoms with Crippen molar-refractivity contribution in [2.24, 2.45) is 5.92 Å². The van der Waals surface area contributed by atoms with Gasteiger partial charge in [-0.2, -0.15) is 0 Å². The quantitative estimate of drug-likeness (QED) is 0.820. The van der Waals surface area contributed by atoms with Crippen LogP contribution in [-0.4, -0.2) is 16.7 Å². The lowest BCUT2D eigenvalue weighted by Crippen LogP contribution is -2.37. The molecule has 0 bridgehead atoms. The van der Waals surface area contributed by atoms with Crippen LogP contribution in [0, 0.1) is 5.92 Å². The lowest BCUT2D eigenvalue weighted by atomic mass is 10.1. The van der Waals surface area contributed by atoms with E-state index in [1.165, 1.54) is 22.9 Å². The van der Waals surface area contributed by atoms with Crippen molar-refractivity contribution in [1.29, 1.82) is 0 Å². The summed E-state index contributed by atoms with van der Waals surface area (Å²) in [6.07, 6.45) is 4.68. The highest BCUT2D eigenvalue weighted by Gasteiger charge is 2.11. The number of benzene rings is 1. The molecule has 116 valence electrons. The van der Waals surface area contributed by atoms with E-state index in [0.29, 0.717) is 0 Å². The van der Waals surface area contributed by atoms with Crippen LogP contribution < -0.4 is 5.32 Å². The smallest absolute Gasteiger partial charge is 0.0483 e. The van der Waals surface area contributed by atoms with Gasteiger partial charge in [0.05, 0.1) is 0 Å². The van der Waals surface area contributed by atoms with Crippen molar-refractivity contribution in [1.82, 2.24) is 9.88 Å². The number of rotatable bonds is 6. The molecule has 1 N–H and O–H groups in total. The van der Waals surface area contributed by atoms with Gasteiger partial charge in [0, 0.05) is 29.2 Å². The Balaban J connectivity index is 2.15. The second kappa shape index (κ2) is 6.65. The highest BCUT2D eigenvalue weighted by Crippen LogP contribution is 2.22. The largest absolute Gasteiger partial charge is 0.347 e. The molecule has 2 heteroatoms. The summed E-state index contributed by atoms with van der Waals surface area (Å²) in [5.74, 6) is 0.747. The molecule has 21 heavy (non-hydrogen) atoms. The van der Waals surface area contributed by atoms with Crippen molar-refractivity contribution in [3.8, 4) is 0 Å². The van der Waals surface area contributed by atoms with Crippen molar-refractivity contribution in [3.63, 3.8) is 0 Å². The lowest BCUT2D eigenvalue weighted by molar-refractivity contribution is 0.429. The van der Waals surface area contributed by atoms with Gasteiger partial charge in [-0.05, 0) is 57.7 Å². The molecular formula is C19H30N2. The Morgan fingerprint density at radius 1 is 1.14 bits per heavy atom. The van der Waals surface area contributed by atoms with Crippen LogP contribution in [-0.2, 0) is 13.0 Å². The molecule has 2 nitrogen and oxygen atoms in total. The van der Waals surface area contributed by atoms with Crippen LogP contribution in [0.4, 0.5) is 0 Å². The Morgan fingerprint density at radius 2 is 1.86 bits per heavy atom. The fourth-order valence-electron chi connectivity index (χ4n) is 2.68. The molecule has 0 radical (unpaired) electrons. The SMILES string of the molecule is CC(C)CCn1cc(CCNC(C)(C)C)c2ccccc21. The Labute approximate surface area is 129 Å². The fraction of sp³-hybridized carbons (Fsp3) is 0.579. The average molecular weight is 286 g/mol. The maximum Gasteiger partial charge on any atom is 0.0483 e. The van der Waals surface area contributed by atoms with Crippen LogP contribution in [0.1, 0.15) is 46.6 Å². The normalized spacial score (nSPS) is 12.5. The number of aromatic nitrogens is 1. The number of fused-ring (bicyclic) bond motifs is 1. The first-order valence-electron chi connectivity index (χ1n) is 8.18. The number of hydrogen-bond acceptors (Lipinski definition) is 1. The number of aryl methyl sites for hydroxylation is 1. The van der Waals surface area contributed by atoms with E-state index in [9.17, 15) is 0 Å². The molecule has 0 saturated carbocycles. The second-order valence-corrected chi connectivity index (χ2v) is 7.47. The maximum absolute atomic E-state index is 3.59. The van der Waals surface area contributed by atoms with Gasteiger partial charge in [-0.15, -0.1) is 0 Å². The van der Waals surface area contributed by atoms with E-state index in [4.69, 9.17) is 0 Å². The van der Waals surface area contributed by atoms with Gasteiger partial charge in [0.15, 0.2) is 0 Å². The van der Waals surface area contributed by atoms with Gasteiger partial charge in [-0.3, -0.25) is 0 Å². The summed E-state index contributed by atoms with van der Waals surface area (Å²) in [6.45, 7) is 13.4. The minimum absolute atomic E-state index is 0.190. The van der Waals surface area contributed by atoms with Gasteiger partial charge < -0.3 is 9.88 Å². The van der Waals surface area contributed by atoms with E-state index in [0.717, 1.165) is 25.4 Å². The topological polar surface area (TPSA) is 17.0 Å². The third-order valence-corrected chi connectivity index (χ3v) is 3.87. The Hall–Kier alpha value is -1.28. The first-order valence-corrected chi connectivity index (χ1v) is 8.18. The molecule has 0 unspecified atom stereocenters. The highest BCUT2D eigenvalue weighted by molar-refractivity contribution is 5.84. The number of nitrogens with zero attached hydrogens (tertiary/aromatic N) is 1. The Morgan fingerprint density at radius 3 is 2.52 bits per heavy atom. The molecular weight excluding hydrogens is 256 g/mol. The highest BCUT2D eigenvalue weighted by atomic mass is 15.0. The Bertz CT molecular complexity index is 573. The average Bonchev–Trinajstić information content (AvgIpc) is 2.74. The summed E-state index contributed by atoms with van der Waals surface area (Å²) in [7, 11) is 0. The van der Waals surface area contributed by atoms with Gasteiger partial charge >= 0.3 is 0 Å². The van der Waals surface area contributed by atoms with Crippen LogP contribution >= 0.6 is 0 Å². The summed E-state index contributed by atoms with van der Waals surface area (Å²) in [5.41, 5.74) is 3.03. The van der Waals surface area contributed by atoms with Crippen LogP contribution in [0.2, 0.25) is 0 Å². The molecule has 2 rings (SSSR count). The first-order chi connectivity index (χ1) is 9.87. The summed E-state index contributed by atoms with van der Waals surface area (Å²) in [6, 6.07) is 8.80. The third kappa shape index (κ3) is 4.60. The van der Waals surface area contributed by atoms with E-state index in [-0.39, 0.29) is 5.54 Å². The van der Waals surface area contributed by atoms with E-state index in [1.807, 2.05) is 0 Å². The lowest BCUT2D eigenvalue weighted by Gasteiger charge is -2.20. The number of nitrogens with one attached hydrogen (secondary N) is 1. The standard InChI is InChI=1S/C19H30N2/c1-15(2)11-13-21-14-16(10-12-20-19(3,4)5)17-8-6-7-9-18(17)21/h6-9,14-15,20H,10-13H2,1-5H3. The Kier molecular flexibility index (Phi) is 5.10. The first kappa shape index (κ1) is 16.1. The molecule has 1 aromatic carbocycles. The van der Waals surface area contributed by atoms with Crippen LogP contribution in [0.15, 0.2) is 30.5 Å². The molecule has 1 aromatic heterocycles. The van der Waals surface area contributed by atoms with Gasteiger partial charge in [0.2, 0.25) is 0 Å². The minimum Gasteiger partial charge on any atom is -0.347 e.